The monoisotopic (exact) mass is 371 g/mol. The van der Waals surface area contributed by atoms with Gasteiger partial charge < -0.3 is 4.74 Å². The lowest BCUT2D eigenvalue weighted by molar-refractivity contribution is -0.111. The van der Waals surface area contributed by atoms with Gasteiger partial charge in [-0.25, -0.2) is 9.10 Å². The smallest absolute Gasteiger partial charge is 0.420 e. The van der Waals surface area contributed by atoms with Gasteiger partial charge >= 0.3 is 6.09 Å². The molecule has 0 aliphatic heterocycles. The minimum Gasteiger partial charge on any atom is -0.438 e. The fourth-order valence-corrected chi connectivity index (χ4v) is 3.19. The molecule has 0 aliphatic rings. The van der Waals surface area contributed by atoms with E-state index in [2.05, 4.69) is 12.1 Å². The van der Waals surface area contributed by atoms with Gasteiger partial charge in [-0.15, -0.1) is 0 Å². The lowest BCUT2D eigenvalue weighted by Crippen LogP contribution is -2.32. The van der Waals surface area contributed by atoms with Crippen molar-refractivity contribution in [1.29, 1.82) is 0 Å². The zero-order valence-corrected chi connectivity index (χ0v) is 16.5. The molecule has 0 atom stereocenters. The summed E-state index contributed by atoms with van der Waals surface area (Å²) in [6.45, 7) is 5.61. The summed E-state index contributed by atoms with van der Waals surface area (Å²) in [7, 11) is 1.55. The van der Waals surface area contributed by atoms with E-state index in [-0.39, 0.29) is 5.12 Å². The summed E-state index contributed by atoms with van der Waals surface area (Å²) in [5.41, 5.74) is 2.34. The average Bonchev–Trinajstić information content (AvgIpc) is 2.62. The highest BCUT2D eigenvalue weighted by Crippen LogP contribution is 2.29. The topological polar surface area (TPSA) is 46.6 Å². The van der Waals surface area contributed by atoms with Gasteiger partial charge in [-0.05, 0) is 37.0 Å². The second-order valence-electron chi connectivity index (χ2n) is 6.53. The molecule has 0 aromatic heterocycles. The van der Waals surface area contributed by atoms with Crippen molar-refractivity contribution in [2.45, 2.75) is 39.2 Å². The summed E-state index contributed by atoms with van der Waals surface area (Å²) >= 11 is 0.888. The minimum absolute atomic E-state index is 0.0445. The maximum atomic E-state index is 12.3. The van der Waals surface area contributed by atoms with E-state index in [1.165, 1.54) is 4.31 Å². The van der Waals surface area contributed by atoms with Crippen LogP contribution in [0.15, 0.2) is 54.6 Å². The van der Waals surface area contributed by atoms with Crippen LogP contribution in [0.3, 0.4) is 0 Å². The first-order valence-corrected chi connectivity index (χ1v) is 9.44. The van der Waals surface area contributed by atoms with Gasteiger partial charge in [0.2, 0.25) is 5.12 Å². The predicted molar refractivity (Wildman–Crippen MR) is 107 cm³/mol. The van der Waals surface area contributed by atoms with Crippen LogP contribution >= 0.6 is 11.9 Å². The van der Waals surface area contributed by atoms with Crippen molar-refractivity contribution < 1.29 is 14.3 Å². The molecule has 0 fully saturated rings. The summed E-state index contributed by atoms with van der Waals surface area (Å²) in [5, 5.41) is -0.0445. The number of benzene rings is 2. The van der Waals surface area contributed by atoms with Crippen molar-refractivity contribution >= 4 is 23.2 Å². The first-order chi connectivity index (χ1) is 12.3. The number of hydrogen-bond donors (Lipinski definition) is 0. The highest BCUT2D eigenvalue weighted by Gasteiger charge is 2.28. The molecule has 138 valence electrons. The second-order valence-corrected chi connectivity index (χ2v) is 7.72. The Bertz CT molecular complexity index is 742. The number of nitrogens with zero attached hydrogens (tertiary/aromatic N) is 1. The highest BCUT2D eigenvalue weighted by atomic mass is 32.2. The number of rotatable bonds is 5. The zero-order valence-electron chi connectivity index (χ0n) is 15.7. The van der Waals surface area contributed by atoms with Crippen LogP contribution in [0.2, 0.25) is 0 Å². The predicted octanol–water partition coefficient (Wildman–Crippen LogP) is 5.63. The van der Waals surface area contributed by atoms with Crippen LogP contribution < -0.4 is 0 Å². The molecular weight excluding hydrogens is 346 g/mol. The molecule has 0 saturated carbocycles. The first-order valence-electron chi connectivity index (χ1n) is 8.67. The van der Waals surface area contributed by atoms with E-state index in [9.17, 15) is 9.59 Å². The third-order valence-electron chi connectivity index (χ3n) is 3.98. The third-order valence-corrected chi connectivity index (χ3v) is 4.81. The Morgan fingerprint density at radius 3 is 2.15 bits per heavy atom. The van der Waals surface area contributed by atoms with Crippen molar-refractivity contribution in [1.82, 2.24) is 4.31 Å². The normalized spacial score (nSPS) is 11.1. The molecule has 1 amide bonds. The summed E-state index contributed by atoms with van der Waals surface area (Å²) < 4.78 is 6.87. The Morgan fingerprint density at radius 2 is 1.58 bits per heavy atom. The van der Waals surface area contributed by atoms with Crippen LogP contribution in [-0.4, -0.2) is 22.6 Å². The summed E-state index contributed by atoms with van der Waals surface area (Å²) in [5.74, 6) is 0. The zero-order chi connectivity index (χ0) is 19.2. The molecule has 0 radical (unpaired) electrons. The molecule has 0 aliphatic carbocycles. The molecule has 2 aromatic rings. The molecule has 0 spiro atoms. The number of carbonyl (C=O) groups is 2. The van der Waals surface area contributed by atoms with E-state index in [0.29, 0.717) is 6.42 Å². The highest BCUT2D eigenvalue weighted by molar-refractivity contribution is 8.12. The number of ether oxygens (including phenoxy) is 1. The fraction of sp³-hybridized carbons (Fsp3) is 0.333. The van der Waals surface area contributed by atoms with Gasteiger partial charge in [0.25, 0.3) is 0 Å². The number of carbonyl (C=O) groups excluding carboxylic acids is 2. The van der Waals surface area contributed by atoms with Gasteiger partial charge in [0.1, 0.15) is 5.60 Å². The van der Waals surface area contributed by atoms with Gasteiger partial charge in [-0.1, -0.05) is 61.5 Å². The molecule has 5 heteroatoms. The minimum atomic E-state index is -0.797. The van der Waals surface area contributed by atoms with Crippen molar-refractivity contribution in [2.75, 3.05) is 7.05 Å². The molecular formula is C21H25NO3S. The van der Waals surface area contributed by atoms with Gasteiger partial charge in [-0.2, -0.15) is 0 Å². The average molecular weight is 372 g/mol. The van der Waals surface area contributed by atoms with E-state index in [1.807, 2.05) is 63.2 Å². The largest absolute Gasteiger partial charge is 0.438 e. The van der Waals surface area contributed by atoms with E-state index in [4.69, 9.17) is 4.74 Å². The number of amides is 1. The van der Waals surface area contributed by atoms with Crippen LogP contribution in [0, 0.1) is 0 Å². The molecule has 2 rings (SSSR count). The van der Waals surface area contributed by atoms with Gasteiger partial charge in [0.15, 0.2) is 0 Å². The van der Waals surface area contributed by atoms with E-state index < -0.39 is 11.7 Å². The van der Waals surface area contributed by atoms with E-state index in [1.54, 1.807) is 7.05 Å². The molecule has 4 nitrogen and oxygen atoms in total. The third kappa shape index (κ3) is 5.36. The van der Waals surface area contributed by atoms with Crippen molar-refractivity contribution in [2.24, 2.45) is 0 Å². The van der Waals surface area contributed by atoms with Crippen LogP contribution in [0.1, 0.15) is 39.2 Å². The lowest BCUT2D eigenvalue weighted by Gasteiger charge is -2.28. The Balaban J connectivity index is 2.04. The number of hydrogen-bond acceptors (Lipinski definition) is 4. The van der Waals surface area contributed by atoms with Crippen LogP contribution in [0.5, 0.6) is 0 Å². The Kier molecular flexibility index (Phi) is 6.86. The van der Waals surface area contributed by atoms with E-state index in [0.717, 1.165) is 35.1 Å². The van der Waals surface area contributed by atoms with Crippen LogP contribution in [0.4, 0.5) is 4.79 Å². The molecule has 0 N–H and O–H groups in total. The van der Waals surface area contributed by atoms with Crippen LogP contribution in [0.25, 0.3) is 11.1 Å². The Hall–Kier alpha value is -2.27. The first kappa shape index (κ1) is 20.0. The van der Waals surface area contributed by atoms with Crippen molar-refractivity contribution in [3.63, 3.8) is 0 Å². The fourth-order valence-electron chi connectivity index (χ4n) is 2.48. The van der Waals surface area contributed by atoms with Gasteiger partial charge in [0, 0.05) is 25.4 Å². The molecule has 0 bridgehead atoms. The van der Waals surface area contributed by atoms with Gasteiger partial charge in [0.05, 0.1) is 0 Å². The Morgan fingerprint density at radius 1 is 1.00 bits per heavy atom. The van der Waals surface area contributed by atoms with Crippen LogP contribution in [-0.2, 0) is 15.1 Å². The molecule has 2 aromatic carbocycles. The molecule has 26 heavy (non-hydrogen) atoms. The Labute approximate surface area is 159 Å². The summed E-state index contributed by atoms with van der Waals surface area (Å²) in [6.07, 6.45) is 0.664. The van der Waals surface area contributed by atoms with Gasteiger partial charge in [-0.3, -0.25) is 4.79 Å². The maximum absolute atomic E-state index is 12.3. The maximum Gasteiger partial charge on any atom is 0.420 e. The second kappa shape index (κ2) is 8.90. The summed E-state index contributed by atoms with van der Waals surface area (Å²) in [6, 6.07) is 18.1. The standard InChI is InChI=1S/C21H25NO3S/c1-5-9-19(23)26-22(4)20(24)25-21(2,3)18-14-12-17(13-15-18)16-10-7-6-8-11-16/h6-8,10-15H,5,9H2,1-4H3. The summed E-state index contributed by atoms with van der Waals surface area (Å²) in [4.78, 5) is 24.0. The molecule has 0 saturated heterocycles. The molecule has 0 heterocycles. The molecule has 0 unspecified atom stereocenters. The lowest BCUT2D eigenvalue weighted by atomic mass is 9.95. The van der Waals surface area contributed by atoms with Crippen molar-refractivity contribution in [3.05, 3.63) is 60.2 Å². The SMILES string of the molecule is CCCC(=O)SN(C)C(=O)OC(C)(C)c1ccc(-c2ccccc2)cc1. The quantitative estimate of drug-likeness (QED) is 0.639. The van der Waals surface area contributed by atoms with Crippen molar-refractivity contribution in [3.8, 4) is 11.1 Å². The van der Waals surface area contributed by atoms with E-state index >= 15 is 0 Å².